The first-order valence-corrected chi connectivity index (χ1v) is 16.5. The molecular formula is C30H36N3O7S2+. The Hall–Kier alpha value is -3.58. The number of aryl methyl sites for hydroxylation is 1. The summed E-state index contributed by atoms with van der Waals surface area (Å²) in [7, 11) is -8.67. The van der Waals surface area contributed by atoms with E-state index in [1.807, 2.05) is 68.6 Å². The zero-order valence-electron chi connectivity index (χ0n) is 24.0. The molecule has 1 aliphatic heterocycles. The van der Waals surface area contributed by atoms with Gasteiger partial charge in [-0.1, -0.05) is 18.2 Å². The molecule has 42 heavy (non-hydrogen) atoms. The van der Waals surface area contributed by atoms with Crippen molar-refractivity contribution in [1.82, 2.24) is 5.32 Å². The van der Waals surface area contributed by atoms with Crippen LogP contribution in [0.2, 0.25) is 0 Å². The number of anilines is 1. The highest BCUT2D eigenvalue weighted by Gasteiger charge is 2.45. The SMILES string of the molecule is Cc1cc(S(=O)(=O)O)cc2c3c(ccc12)[N+](CCCC(=O)NCC(C)S(=O)(=O)O)=C(/C=C/Nc1ccccc1)C3(C)C. The van der Waals surface area contributed by atoms with Crippen LogP contribution in [0.15, 0.2) is 71.8 Å². The molecule has 1 atom stereocenters. The highest BCUT2D eigenvalue weighted by atomic mass is 32.2. The maximum absolute atomic E-state index is 12.5. The molecule has 0 radical (unpaired) electrons. The van der Waals surface area contributed by atoms with Crippen molar-refractivity contribution in [3.8, 4) is 0 Å². The molecule has 10 nitrogen and oxygen atoms in total. The first-order chi connectivity index (χ1) is 19.6. The van der Waals surface area contributed by atoms with E-state index in [2.05, 4.69) is 15.2 Å². The number of para-hydroxylation sites is 1. The second-order valence-electron chi connectivity index (χ2n) is 11.0. The Morgan fingerprint density at radius 3 is 2.36 bits per heavy atom. The van der Waals surface area contributed by atoms with Gasteiger partial charge in [-0.2, -0.15) is 21.4 Å². The number of hydrogen-bond acceptors (Lipinski definition) is 6. The zero-order valence-corrected chi connectivity index (χ0v) is 25.6. The van der Waals surface area contributed by atoms with Crippen molar-refractivity contribution in [2.45, 2.75) is 56.1 Å². The van der Waals surface area contributed by atoms with Crippen molar-refractivity contribution >= 4 is 54.0 Å². The summed E-state index contributed by atoms with van der Waals surface area (Å²) in [6, 6.07) is 16.5. The summed E-state index contributed by atoms with van der Waals surface area (Å²) in [6.07, 6.45) is 4.37. The molecule has 0 aliphatic carbocycles. The summed E-state index contributed by atoms with van der Waals surface area (Å²) in [5.41, 5.74) is 3.73. The Bertz CT molecular complexity index is 1800. The molecule has 0 bridgehead atoms. The van der Waals surface area contributed by atoms with E-state index in [9.17, 15) is 26.2 Å². The normalized spacial score (nSPS) is 15.7. The third-order valence-corrected chi connectivity index (χ3v) is 9.60. The van der Waals surface area contributed by atoms with E-state index in [0.29, 0.717) is 18.4 Å². The van der Waals surface area contributed by atoms with Crippen LogP contribution < -0.4 is 10.6 Å². The second kappa shape index (κ2) is 12.0. The lowest BCUT2D eigenvalue weighted by Gasteiger charge is -2.18. The Labute approximate surface area is 246 Å². The topological polar surface area (TPSA) is 153 Å². The highest BCUT2D eigenvalue weighted by Crippen LogP contribution is 2.45. The van der Waals surface area contributed by atoms with E-state index < -0.39 is 30.9 Å². The van der Waals surface area contributed by atoms with Gasteiger partial charge in [-0.3, -0.25) is 13.9 Å². The van der Waals surface area contributed by atoms with Crippen molar-refractivity contribution < 1.29 is 35.3 Å². The minimum Gasteiger partial charge on any atom is -0.361 e. The molecule has 3 aromatic carbocycles. The van der Waals surface area contributed by atoms with Gasteiger partial charge in [0.05, 0.1) is 10.3 Å². The fourth-order valence-electron chi connectivity index (χ4n) is 5.34. The van der Waals surface area contributed by atoms with Crippen LogP contribution in [0.25, 0.3) is 10.8 Å². The van der Waals surface area contributed by atoms with Gasteiger partial charge >= 0.3 is 0 Å². The van der Waals surface area contributed by atoms with E-state index in [1.54, 1.807) is 6.92 Å². The lowest BCUT2D eigenvalue weighted by molar-refractivity contribution is -0.438. The molecule has 224 valence electrons. The van der Waals surface area contributed by atoms with Gasteiger partial charge in [-0.15, -0.1) is 0 Å². The third-order valence-electron chi connectivity index (χ3n) is 7.58. The van der Waals surface area contributed by atoms with Crippen LogP contribution in [0.5, 0.6) is 0 Å². The predicted molar refractivity (Wildman–Crippen MR) is 164 cm³/mol. The van der Waals surface area contributed by atoms with Crippen LogP contribution in [-0.2, 0) is 30.4 Å². The summed E-state index contributed by atoms with van der Waals surface area (Å²) in [5, 5.41) is 6.30. The highest BCUT2D eigenvalue weighted by molar-refractivity contribution is 7.86. The molecule has 4 rings (SSSR count). The van der Waals surface area contributed by atoms with Gasteiger partial charge in [0.15, 0.2) is 5.71 Å². The number of nitrogens with zero attached hydrogens (tertiary/aromatic N) is 1. The molecular weight excluding hydrogens is 578 g/mol. The second-order valence-corrected chi connectivity index (χ2v) is 14.3. The molecule has 0 fully saturated rings. The number of benzene rings is 3. The maximum atomic E-state index is 12.5. The maximum Gasteiger partial charge on any atom is 0.294 e. The lowest BCUT2D eigenvalue weighted by Crippen LogP contribution is -2.35. The number of hydrogen-bond donors (Lipinski definition) is 4. The standard InChI is InChI=1S/C30H35N3O7S2/c1-20-17-23(42(38,39)40)18-25-24(20)12-13-26-29(25)30(3,4)27(14-15-31-22-9-6-5-7-10-22)33(26)16-8-11-28(34)32-19-21(2)41(35,36)37/h5-7,9-10,12-15,17-18,21H,8,11,16,19H2,1-4H3,(H3,32,34,35,36,37,38,39,40)/p+1. The Balaban J connectivity index is 1.70. The first kappa shape index (κ1) is 31.4. The number of fused-ring (bicyclic) bond motifs is 3. The van der Waals surface area contributed by atoms with Crippen molar-refractivity contribution in [2.24, 2.45) is 0 Å². The molecule has 0 spiro atoms. The van der Waals surface area contributed by atoms with E-state index in [-0.39, 0.29) is 23.8 Å². The Kier molecular flexibility index (Phi) is 8.93. The Morgan fingerprint density at radius 2 is 1.71 bits per heavy atom. The van der Waals surface area contributed by atoms with Crippen LogP contribution >= 0.6 is 0 Å². The molecule has 0 aromatic heterocycles. The molecule has 0 saturated carbocycles. The van der Waals surface area contributed by atoms with Crippen LogP contribution in [0.1, 0.15) is 44.7 Å². The summed E-state index contributed by atoms with van der Waals surface area (Å²) in [5.74, 6) is -0.334. The van der Waals surface area contributed by atoms with Gasteiger partial charge in [-0.25, -0.2) is 0 Å². The van der Waals surface area contributed by atoms with Crippen molar-refractivity contribution in [3.05, 3.63) is 78.0 Å². The largest absolute Gasteiger partial charge is 0.361 e. The average Bonchev–Trinajstić information content (AvgIpc) is 3.12. The first-order valence-electron chi connectivity index (χ1n) is 13.5. The van der Waals surface area contributed by atoms with Gasteiger partial charge in [-0.05, 0) is 74.4 Å². The monoisotopic (exact) mass is 614 g/mol. The number of carbonyl (C=O) groups excluding carboxylic acids is 1. The number of amides is 1. The minimum absolute atomic E-state index is 0.128. The van der Waals surface area contributed by atoms with Crippen molar-refractivity contribution in [1.29, 1.82) is 0 Å². The number of rotatable bonds is 11. The molecule has 0 saturated heterocycles. The summed E-state index contributed by atoms with van der Waals surface area (Å²) in [4.78, 5) is 12.3. The average molecular weight is 615 g/mol. The van der Waals surface area contributed by atoms with Crippen LogP contribution in [-0.4, -0.2) is 60.5 Å². The minimum atomic E-state index is -4.43. The fraction of sp³-hybridized carbons (Fsp3) is 0.333. The van der Waals surface area contributed by atoms with Gasteiger partial charge < -0.3 is 10.6 Å². The van der Waals surface area contributed by atoms with Crippen LogP contribution in [0.4, 0.5) is 11.4 Å². The predicted octanol–water partition coefficient (Wildman–Crippen LogP) is 4.57. The number of nitrogens with one attached hydrogen (secondary N) is 2. The smallest absolute Gasteiger partial charge is 0.294 e. The lowest BCUT2D eigenvalue weighted by atomic mass is 9.78. The van der Waals surface area contributed by atoms with Gasteiger partial charge in [0.25, 0.3) is 20.2 Å². The number of allylic oxidation sites excluding steroid dienone is 1. The van der Waals surface area contributed by atoms with E-state index in [4.69, 9.17) is 4.55 Å². The quantitative estimate of drug-likeness (QED) is 0.181. The van der Waals surface area contributed by atoms with E-state index in [1.165, 1.54) is 19.1 Å². The number of carbonyl (C=O) groups is 1. The summed E-state index contributed by atoms with van der Waals surface area (Å²) < 4.78 is 67.7. The third kappa shape index (κ3) is 6.73. The summed E-state index contributed by atoms with van der Waals surface area (Å²) >= 11 is 0. The van der Waals surface area contributed by atoms with Crippen LogP contribution in [0, 0.1) is 6.92 Å². The van der Waals surface area contributed by atoms with Crippen molar-refractivity contribution in [2.75, 3.05) is 18.4 Å². The van der Waals surface area contributed by atoms with E-state index >= 15 is 0 Å². The summed E-state index contributed by atoms with van der Waals surface area (Å²) in [6.45, 7) is 7.47. The van der Waals surface area contributed by atoms with Gasteiger partial charge in [0.2, 0.25) is 11.6 Å². The van der Waals surface area contributed by atoms with Crippen molar-refractivity contribution in [3.63, 3.8) is 0 Å². The fourth-order valence-corrected chi connectivity index (χ4v) is 6.23. The molecule has 4 N–H and O–H groups in total. The van der Waals surface area contributed by atoms with Crippen LogP contribution in [0.3, 0.4) is 0 Å². The van der Waals surface area contributed by atoms with E-state index in [0.717, 1.165) is 33.6 Å². The van der Waals surface area contributed by atoms with Gasteiger partial charge in [0, 0.05) is 49.0 Å². The molecule has 1 unspecified atom stereocenters. The molecule has 12 heteroatoms. The molecule has 1 heterocycles. The van der Waals surface area contributed by atoms with Gasteiger partial charge in [0.1, 0.15) is 11.8 Å². The molecule has 1 amide bonds. The molecule has 3 aromatic rings. The Morgan fingerprint density at radius 1 is 1.02 bits per heavy atom. The molecule has 1 aliphatic rings. The zero-order chi connectivity index (χ0) is 30.9.